The maximum absolute atomic E-state index is 13.5. The normalized spacial score (nSPS) is 10.6. The molecule has 37 heavy (non-hydrogen) atoms. The molecule has 180 valence electrons. The van der Waals surface area contributed by atoms with E-state index in [-0.39, 0.29) is 17.6 Å². The Morgan fingerprint density at radius 3 is 2.32 bits per heavy atom. The largest absolute Gasteiger partial charge is 0.455 e. The molecule has 2 N–H and O–H groups in total. The highest BCUT2D eigenvalue weighted by molar-refractivity contribution is 6.12. The van der Waals surface area contributed by atoms with E-state index < -0.39 is 0 Å². The van der Waals surface area contributed by atoms with Gasteiger partial charge in [0.25, 0.3) is 11.8 Å². The number of anilines is 1. The van der Waals surface area contributed by atoms with E-state index in [1.165, 1.54) is 19.2 Å². The third kappa shape index (κ3) is 4.68. The molecule has 4 aromatic carbocycles. The summed E-state index contributed by atoms with van der Waals surface area (Å²) in [6.07, 6.45) is 0. The minimum Gasteiger partial charge on any atom is -0.455 e. The first-order chi connectivity index (χ1) is 18.0. The Labute approximate surface area is 212 Å². The highest BCUT2D eigenvalue weighted by atomic mass is 19.1. The minimum absolute atomic E-state index is 0.314. The Bertz CT molecular complexity index is 1700. The molecule has 0 aliphatic rings. The molecular formula is C30H20FN3O3. The molecule has 0 saturated heterocycles. The Hall–Kier alpha value is -5.22. The molecule has 0 atom stereocenters. The summed E-state index contributed by atoms with van der Waals surface area (Å²) >= 11 is 0. The van der Waals surface area contributed by atoms with Gasteiger partial charge in [-0.25, -0.2) is 4.39 Å². The first-order valence-corrected chi connectivity index (χ1v) is 11.4. The number of nitrogens with one attached hydrogen (secondary N) is 2. The van der Waals surface area contributed by atoms with Gasteiger partial charge in [-0.3, -0.25) is 9.59 Å². The summed E-state index contributed by atoms with van der Waals surface area (Å²) < 4.78 is 19.5. The average Bonchev–Trinajstić information content (AvgIpc) is 3.32. The smallest absolute Gasteiger partial charge is 0.255 e. The van der Waals surface area contributed by atoms with Crippen LogP contribution in [0, 0.1) is 17.1 Å². The van der Waals surface area contributed by atoms with Crippen molar-refractivity contribution in [1.82, 2.24) is 5.32 Å². The number of rotatable bonds is 5. The van der Waals surface area contributed by atoms with E-state index in [0.717, 1.165) is 11.1 Å². The van der Waals surface area contributed by atoms with Gasteiger partial charge >= 0.3 is 0 Å². The van der Waals surface area contributed by atoms with Gasteiger partial charge in [-0.1, -0.05) is 24.3 Å². The predicted octanol–water partition coefficient (Wildman–Crippen LogP) is 6.39. The van der Waals surface area contributed by atoms with Gasteiger partial charge in [-0.15, -0.1) is 0 Å². The second kappa shape index (κ2) is 9.80. The third-order valence-electron chi connectivity index (χ3n) is 5.96. The SMILES string of the molecule is CNC(=O)c1c(-c2ccc(F)cc2)oc2ccc(-c3cccc(C(=O)Nc4cccc(C#N)c4)c3)cc12. The highest BCUT2D eigenvalue weighted by Crippen LogP contribution is 2.36. The monoisotopic (exact) mass is 489 g/mol. The van der Waals surface area contributed by atoms with Crippen molar-refractivity contribution in [2.45, 2.75) is 0 Å². The zero-order valence-electron chi connectivity index (χ0n) is 19.7. The molecule has 0 aliphatic heterocycles. The number of carbonyl (C=O) groups excluding carboxylic acids is 2. The lowest BCUT2D eigenvalue weighted by molar-refractivity contribution is 0.0963. The fourth-order valence-electron chi connectivity index (χ4n) is 4.14. The van der Waals surface area contributed by atoms with Gasteiger partial charge in [0.15, 0.2) is 0 Å². The summed E-state index contributed by atoms with van der Waals surface area (Å²) in [5.41, 5.74) is 4.40. The predicted molar refractivity (Wildman–Crippen MR) is 140 cm³/mol. The Morgan fingerprint density at radius 1 is 0.838 bits per heavy atom. The fourth-order valence-corrected chi connectivity index (χ4v) is 4.14. The maximum atomic E-state index is 13.5. The first-order valence-electron chi connectivity index (χ1n) is 11.4. The first kappa shape index (κ1) is 23.5. The average molecular weight is 490 g/mol. The van der Waals surface area contributed by atoms with E-state index >= 15 is 0 Å². The number of benzene rings is 4. The van der Waals surface area contributed by atoms with Gasteiger partial charge in [-0.05, 0) is 77.9 Å². The summed E-state index contributed by atoms with van der Waals surface area (Å²) in [5.74, 6) is -0.682. The molecule has 0 saturated carbocycles. The van der Waals surface area contributed by atoms with Crippen molar-refractivity contribution in [2.24, 2.45) is 0 Å². The summed E-state index contributed by atoms with van der Waals surface area (Å²) in [6.45, 7) is 0. The zero-order valence-corrected chi connectivity index (χ0v) is 19.7. The molecule has 7 heteroatoms. The number of hydrogen-bond acceptors (Lipinski definition) is 4. The van der Waals surface area contributed by atoms with Crippen LogP contribution in [0.5, 0.6) is 0 Å². The van der Waals surface area contributed by atoms with Gasteiger partial charge in [0, 0.05) is 29.2 Å². The highest BCUT2D eigenvalue weighted by Gasteiger charge is 2.22. The van der Waals surface area contributed by atoms with E-state index in [0.29, 0.717) is 44.7 Å². The van der Waals surface area contributed by atoms with Crippen LogP contribution < -0.4 is 10.6 Å². The van der Waals surface area contributed by atoms with Crippen LogP contribution >= 0.6 is 0 Å². The second-order valence-corrected chi connectivity index (χ2v) is 8.33. The molecule has 6 nitrogen and oxygen atoms in total. The fraction of sp³-hybridized carbons (Fsp3) is 0.0333. The van der Waals surface area contributed by atoms with Gasteiger partial charge in [0.2, 0.25) is 0 Å². The maximum Gasteiger partial charge on any atom is 0.255 e. The molecule has 1 aromatic heterocycles. The number of nitriles is 1. The van der Waals surface area contributed by atoms with Crippen LogP contribution in [0.3, 0.4) is 0 Å². The topological polar surface area (TPSA) is 95.1 Å². The van der Waals surface area contributed by atoms with Crippen LogP contribution in [0.1, 0.15) is 26.3 Å². The second-order valence-electron chi connectivity index (χ2n) is 8.33. The summed E-state index contributed by atoms with van der Waals surface area (Å²) in [6, 6.07) is 27.1. The van der Waals surface area contributed by atoms with Crippen molar-refractivity contribution >= 4 is 28.5 Å². The number of carbonyl (C=O) groups is 2. The van der Waals surface area contributed by atoms with E-state index in [2.05, 4.69) is 16.7 Å². The van der Waals surface area contributed by atoms with Crippen molar-refractivity contribution in [3.63, 3.8) is 0 Å². The number of amides is 2. The molecular weight excluding hydrogens is 469 g/mol. The van der Waals surface area contributed by atoms with Gasteiger partial charge in [0.05, 0.1) is 17.2 Å². The lowest BCUT2D eigenvalue weighted by Crippen LogP contribution is -2.18. The number of halogens is 1. The van der Waals surface area contributed by atoms with Crippen LogP contribution in [0.4, 0.5) is 10.1 Å². The summed E-state index contributed by atoms with van der Waals surface area (Å²) in [7, 11) is 1.54. The quantitative estimate of drug-likeness (QED) is 0.299. The van der Waals surface area contributed by atoms with Crippen LogP contribution in [-0.2, 0) is 0 Å². The minimum atomic E-state index is -0.384. The summed E-state index contributed by atoms with van der Waals surface area (Å²) in [4.78, 5) is 25.7. The molecule has 0 unspecified atom stereocenters. The third-order valence-corrected chi connectivity index (χ3v) is 5.96. The van der Waals surface area contributed by atoms with Gasteiger partial charge in [0.1, 0.15) is 17.2 Å². The molecule has 0 aliphatic carbocycles. The molecule has 0 fully saturated rings. The number of fused-ring (bicyclic) bond motifs is 1. The molecule has 2 amide bonds. The van der Waals surface area contributed by atoms with E-state index in [1.54, 1.807) is 60.7 Å². The number of hydrogen-bond donors (Lipinski definition) is 2. The lowest BCUT2D eigenvalue weighted by atomic mass is 9.99. The van der Waals surface area contributed by atoms with Gasteiger partial charge in [-0.2, -0.15) is 5.26 Å². The van der Waals surface area contributed by atoms with E-state index in [9.17, 15) is 14.0 Å². The van der Waals surface area contributed by atoms with Crippen molar-refractivity contribution in [1.29, 1.82) is 5.26 Å². The van der Waals surface area contributed by atoms with Crippen molar-refractivity contribution in [3.05, 3.63) is 114 Å². The molecule has 5 rings (SSSR count). The molecule has 0 spiro atoms. The Kier molecular flexibility index (Phi) is 6.23. The lowest BCUT2D eigenvalue weighted by Gasteiger charge is -2.08. The van der Waals surface area contributed by atoms with Crippen molar-refractivity contribution in [3.8, 4) is 28.5 Å². The Morgan fingerprint density at radius 2 is 1.57 bits per heavy atom. The molecule has 0 bridgehead atoms. The molecule has 1 heterocycles. The number of nitrogens with zero attached hydrogens (tertiary/aromatic N) is 1. The van der Waals surface area contributed by atoms with Crippen molar-refractivity contribution < 1.29 is 18.4 Å². The number of furan rings is 1. The molecule has 5 aromatic rings. The van der Waals surface area contributed by atoms with Crippen LogP contribution in [0.15, 0.2) is 95.4 Å². The van der Waals surface area contributed by atoms with Crippen LogP contribution in [0.25, 0.3) is 33.4 Å². The van der Waals surface area contributed by atoms with Crippen LogP contribution in [-0.4, -0.2) is 18.9 Å². The van der Waals surface area contributed by atoms with Crippen LogP contribution in [0.2, 0.25) is 0 Å². The van der Waals surface area contributed by atoms with Crippen molar-refractivity contribution in [2.75, 3.05) is 12.4 Å². The summed E-state index contributed by atoms with van der Waals surface area (Å²) in [5, 5.41) is 15.1. The Balaban J connectivity index is 1.53. The zero-order chi connectivity index (χ0) is 25.9. The van der Waals surface area contributed by atoms with E-state index in [4.69, 9.17) is 9.68 Å². The van der Waals surface area contributed by atoms with Gasteiger partial charge < -0.3 is 15.1 Å². The van der Waals surface area contributed by atoms with E-state index in [1.807, 2.05) is 18.2 Å². The molecule has 0 radical (unpaired) electrons. The standard InChI is InChI=1S/C30H20FN3O3/c1-33-30(36)27-25-16-21(10-13-26(25)37-28(27)19-8-11-23(31)12-9-19)20-5-3-6-22(15-20)29(35)34-24-7-2-4-18(14-24)17-32/h2-16H,1H3,(H,33,36)(H,34,35).